The Kier molecular flexibility index (Phi) is 7.12. The fourth-order valence-electron chi connectivity index (χ4n) is 2.28. The number of carbonyl (C=O) groups is 2. The van der Waals surface area contributed by atoms with Gasteiger partial charge in [0.05, 0.1) is 33.6 Å². The number of benzene rings is 2. The second-order valence-corrected chi connectivity index (χ2v) is 5.49. The van der Waals surface area contributed by atoms with Crippen LogP contribution < -0.4 is 30.4 Å². The normalized spacial score (nSPS) is 10.1. The number of methoxy groups -OCH3 is 3. The standard InChI is InChI=1S/C18H18F3N3O5/c1-27-12-6-9(7-13(28-2)17(12)29-3)18(26)22-8-14(25)24-23-11-5-4-10(19)15(20)16(11)21/h4-7,23H,8H2,1-3H3,(H,22,26)(H,24,25). The third kappa shape index (κ3) is 5.00. The fraction of sp³-hybridized carbons (Fsp3) is 0.222. The molecule has 156 valence electrons. The van der Waals surface area contributed by atoms with Crippen molar-refractivity contribution >= 4 is 17.5 Å². The summed E-state index contributed by atoms with van der Waals surface area (Å²) in [6.07, 6.45) is 0. The van der Waals surface area contributed by atoms with Crippen molar-refractivity contribution in [3.05, 3.63) is 47.3 Å². The lowest BCUT2D eigenvalue weighted by atomic mass is 10.1. The Hall–Kier alpha value is -3.63. The van der Waals surface area contributed by atoms with E-state index in [0.717, 1.165) is 6.07 Å². The van der Waals surface area contributed by atoms with Crippen LogP contribution in [0, 0.1) is 17.5 Å². The summed E-state index contributed by atoms with van der Waals surface area (Å²) in [6, 6.07) is 4.38. The lowest BCUT2D eigenvalue weighted by Gasteiger charge is -2.14. The van der Waals surface area contributed by atoms with Crippen molar-refractivity contribution in [2.75, 3.05) is 33.3 Å². The van der Waals surface area contributed by atoms with Crippen molar-refractivity contribution in [1.82, 2.24) is 10.7 Å². The molecule has 0 aliphatic rings. The highest BCUT2D eigenvalue weighted by Gasteiger charge is 2.18. The van der Waals surface area contributed by atoms with E-state index in [1.807, 2.05) is 0 Å². The summed E-state index contributed by atoms with van der Waals surface area (Å²) in [5, 5.41) is 2.34. The van der Waals surface area contributed by atoms with Crippen molar-refractivity contribution in [3.63, 3.8) is 0 Å². The van der Waals surface area contributed by atoms with Gasteiger partial charge in [-0.25, -0.2) is 13.2 Å². The lowest BCUT2D eigenvalue weighted by Crippen LogP contribution is -2.39. The molecule has 0 heterocycles. The maximum absolute atomic E-state index is 13.5. The van der Waals surface area contributed by atoms with Crippen LogP contribution >= 0.6 is 0 Å². The van der Waals surface area contributed by atoms with Crippen molar-refractivity contribution in [3.8, 4) is 17.2 Å². The summed E-state index contributed by atoms with van der Waals surface area (Å²) in [4.78, 5) is 24.1. The zero-order chi connectivity index (χ0) is 21.6. The minimum absolute atomic E-state index is 0.131. The second kappa shape index (κ2) is 9.53. The van der Waals surface area contributed by atoms with Gasteiger partial charge in [-0.3, -0.25) is 20.4 Å². The van der Waals surface area contributed by atoms with Crippen molar-refractivity contribution in [2.45, 2.75) is 0 Å². The first-order valence-electron chi connectivity index (χ1n) is 8.08. The maximum Gasteiger partial charge on any atom is 0.257 e. The number of hydrogen-bond donors (Lipinski definition) is 3. The molecule has 0 saturated heterocycles. The number of hydrogen-bond acceptors (Lipinski definition) is 6. The van der Waals surface area contributed by atoms with Crippen LogP contribution in [-0.4, -0.2) is 39.7 Å². The molecule has 2 aromatic rings. The van der Waals surface area contributed by atoms with E-state index in [4.69, 9.17) is 14.2 Å². The van der Waals surface area contributed by atoms with Gasteiger partial charge >= 0.3 is 0 Å². The average Bonchev–Trinajstić information content (AvgIpc) is 2.73. The van der Waals surface area contributed by atoms with E-state index in [1.54, 1.807) is 0 Å². The maximum atomic E-state index is 13.5. The molecule has 0 aromatic heterocycles. The van der Waals surface area contributed by atoms with Gasteiger partial charge in [0.15, 0.2) is 29.0 Å². The SMILES string of the molecule is COc1cc(C(=O)NCC(=O)NNc2ccc(F)c(F)c2F)cc(OC)c1OC. The third-order valence-corrected chi connectivity index (χ3v) is 3.71. The van der Waals surface area contributed by atoms with Crippen LogP contribution in [0.5, 0.6) is 17.2 Å². The number of rotatable bonds is 8. The molecule has 0 radical (unpaired) electrons. The van der Waals surface area contributed by atoms with Gasteiger partial charge in [0.2, 0.25) is 5.75 Å². The van der Waals surface area contributed by atoms with Crippen LogP contribution in [0.25, 0.3) is 0 Å². The number of anilines is 1. The number of amides is 2. The number of ether oxygens (including phenoxy) is 3. The molecule has 0 aliphatic heterocycles. The molecule has 0 atom stereocenters. The molecule has 0 spiro atoms. The van der Waals surface area contributed by atoms with Gasteiger partial charge in [0.1, 0.15) is 0 Å². The summed E-state index contributed by atoms with van der Waals surface area (Å²) >= 11 is 0. The first-order valence-corrected chi connectivity index (χ1v) is 8.08. The summed E-state index contributed by atoms with van der Waals surface area (Å²) in [5.74, 6) is -5.15. The molecular weight excluding hydrogens is 395 g/mol. The Morgan fingerprint density at radius 1 is 0.931 bits per heavy atom. The first kappa shape index (κ1) is 21.7. The number of carbonyl (C=O) groups excluding carboxylic acids is 2. The summed E-state index contributed by atoms with van der Waals surface area (Å²) in [6.45, 7) is -0.492. The van der Waals surface area contributed by atoms with E-state index in [1.165, 1.54) is 33.5 Å². The average molecular weight is 413 g/mol. The van der Waals surface area contributed by atoms with E-state index in [-0.39, 0.29) is 17.1 Å². The predicted molar refractivity (Wildman–Crippen MR) is 96.5 cm³/mol. The van der Waals surface area contributed by atoms with E-state index < -0.39 is 41.5 Å². The Labute approximate surface area is 163 Å². The van der Waals surface area contributed by atoms with Crippen LogP contribution in [0.4, 0.5) is 18.9 Å². The van der Waals surface area contributed by atoms with Crippen molar-refractivity contribution in [1.29, 1.82) is 0 Å². The van der Waals surface area contributed by atoms with Gasteiger partial charge in [0, 0.05) is 5.56 Å². The van der Waals surface area contributed by atoms with E-state index in [0.29, 0.717) is 11.8 Å². The van der Waals surface area contributed by atoms with E-state index in [9.17, 15) is 22.8 Å². The Bertz CT molecular complexity index is 899. The zero-order valence-corrected chi connectivity index (χ0v) is 15.7. The highest BCUT2D eigenvalue weighted by atomic mass is 19.2. The molecule has 0 bridgehead atoms. The molecule has 2 rings (SSSR count). The molecule has 29 heavy (non-hydrogen) atoms. The van der Waals surface area contributed by atoms with Crippen molar-refractivity contribution in [2.24, 2.45) is 0 Å². The highest BCUT2D eigenvalue weighted by Crippen LogP contribution is 2.38. The molecule has 11 heteroatoms. The molecule has 2 aromatic carbocycles. The Morgan fingerprint density at radius 3 is 2.10 bits per heavy atom. The van der Waals surface area contributed by atoms with E-state index in [2.05, 4.69) is 16.2 Å². The van der Waals surface area contributed by atoms with Crippen LogP contribution in [-0.2, 0) is 4.79 Å². The number of halogens is 3. The molecule has 3 N–H and O–H groups in total. The smallest absolute Gasteiger partial charge is 0.257 e. The van der Waals surface area contributed by atoms with Crippen LogP contribution in [0.1, 0.15) is 10.4 Å². The van der Waals surface area contributed by atoms with Gasteiger partial charge in [-0.15, -0.1) is 0 Å². The summed E-state index contributed by atoms with van der Waals surface area (Å²) in [5.41, 5.74) is 3.81. The van der Waals surface area contributed by atoms with E-state index >= 15 is 0 Å². The molecular formula is C18H18F3N3O5. The van der Waals surface area contributed by atoms with Gasteiger partial charge in [0.25, 0.3) is 11.8 Å². The highest BCUT2D eigenvalue weighted by molar-refractivity contribution is 5.97. The quantitative estimate of drug-likeness (QED) is 0.453. The zero-order valence-electron chi connectivity index (χ0n) is 15.7. The van der Waals surface area contributed by atoms with Gasteiger partial charge < -0.3 is 19.5 Å². The molecule has 0 saturated carbocycles. The molecule has 0 fully saturated rings. The van der Waals surface area contributed by atoms with Gasteiger partial charge in [-0.05, 0) is 24.3 Å². The van der Waals surface area contributed by atoms with Crippen molar-refractivity contribution < 1.29 is 37.0 Å². The van der Waals surface area contributed by atoms with Gasteiger partial charge in [-0.2, -0.15) is 0 Å². The molecule has 0 unspecified atom stereocenters. The second-order valence-electron chi connectivity index (χ2n) is 5.49. The molecule has 2 amide bonds. The monoisotopic (exact) mass is 413 g/mol. The van der Waals surface area contributed by atoms with Crippen LogP contribution in [0.15, 0.2) is 24.3 Å². The molecule has 0 aliphatic carbocycles. The predicted octanol–water partition coefficient (Wildman–Crippen LogP) is 2.00. The first-order chi connectivity index (χ1) is 13.8. The number of hydrazine groups is 1. The third-order valence-electron chi connectivity index (χ3n) is 3.71. The molecule has 8 nitrogen and oxygen atoms in total. The minimum Gasteiger partial charge on any atom is -0.493 e. The fourth-order valence-corrected chi connectivity index (χ4v) is 2.28. The Balaban J connectivity index is 1.98. The lowest BCUT2D eigenvalue weighted by molar-refractivity contribution is -0.119. The Morgan fingerprint density at radius 2 is 1.55 bits per heavy atom. The minimum atomic E-state index is -1.68. The summed E-state index contributed by atoms with van der Waals surface area (Å²) < 4.78 is 55.0. The number of nitrogens with one attached hydrogen (secondary N) is 3. The van der Waals surface area contributed by atoms with Gasteiger partial charge in [-0.1, -0.05) is 0 Å². The van der Waals surface area contributed by atoms with Crippen LogP contribution in [0.3, 0.4) is 0 Å². The summed E-state index contributed by atoms with van der Waals surface area (Å²) in [7, 11) is 4.18. The topological polar surface area (TPSA) is 97.9 Å². The van der Waals surface area contributed by atoms with Crippen LogP contribution in [0.2, 0.25) is 0 Å². The largest absolute Gasteiger partial charge is 0.493 e.